The van der Waals surface area contributed by atoms with Crippen molar-refractivity contribution < 1.29 is 23.9 Å². The highest BCUT2D eigenvalue weighted by atomic mass is 16.5. The molecule has 1 aromatic heterocycles. The number of aromatic amines is 1. The zero-order valence-electron chi connectivity index (χ0n) is 15.8. The van der Waals surface area contributed by atoms with Crippen molar-refractivity contribution >= 4 is 17.7 Å². The maximum absolute atomic E-state index is 12.7. The van der Waals surface area contributed by atoms with Crippen LogP contribution >= 0.6 is 0 Å². The van der Waals surface area contributed by atoms with Gasteiger partial charge in [-0.25, -0.2) is 4.79 Å². The third-order valence-corrected chi connectivity index (χ3v) is 3.97. The van der Waals surface area contributed by atoms with Crippen LogP contribution in [0.3, 0.4) is 0 Å². The molecule has 1 amide bonds. The van der Waals surface area contributed by atoms with E-state index in [4.69, 9.17) is 9.47 Å². The molecule has 2 N–H and O–H groups in total. The minimum atomic E-state index is -0.736. The fourth-order valence-corrected chi connectivity index (χ4v) is 2.76. The van der Waals surface area contributed by atoms with Crippen molar-refractivity contribution in [1.82, 2.24) is 10.3 Å². The van der Waals surface area contributed by atoms with Gasteiger partial charge in [-0.2, -0.15) is 0 Å². The number of methoxy groups -OCH3 is 1. The third kappa shape index (κ3) is 4.83. The van der Waals surface area contributed by atoms with E-state index < -0.39 is 17.7 Å². The van der Waals surface area contributed by atoms with E-state index in [1.165, 1.54) is 0 Å². The van der Waals surface area contributed by atoms with Gasteiger partial charge in [-0.1, -0.05) is 30.3 Å². The number of nitrogens with one attached hydrogen (secondary N) is 2. The molecule has 1 heterocycles. The van der Waals surface area contributed by atoms with E-state index in [1.807, 2.05) is 6.07 Å². The predicted molar refractivity (Wildman–Crippen MR) is 101 cm³/mol. The van der Waals surface area contributed by atoms with Crippen LogP contribution in [0.5, 0.6) is 0 Å². The first-order chi connectivity index (χ1) is 13.0. The molecule has 0 spiro atoms. The quantitative estimate of drug-likeness (QED) is 0.305. The van der Waals surface area contributed by atoms with Crippen molar-refractivity contribution in [1.29, 1.82) is 0 Å². The molecule has 0 fully saturated rings. The molecule has 0 bridgehead atoms. The molecule has 144 valence electrons. The summed E-state index contributed by atoms with van der Waals surface area (Å²) in [5.41, 5.74) is 1.84. The van der Waals surface area contributed by atoms with Crippen LogP contribution in [0.4, 0.5) is 0 Å². The molecule has 0 atom stereocenters. The molecule has 2 aromatic rings. The molecule has 2 rings (SSSR count). The van der Waals surface area contributed by atoms with Crippen LogP contribution in [0, 0.1) is 6.92 Å². The second-order valence-electron chi connectivity index (χ2n) is 5.89. The second kappa shape index (κ2) is 9.68. The van der Waals surface area contributed by atoms with Crippen LogP contribution in [-0.4, -0.2) is 49.5 Å². The smallest absolute Gasteiger partial charge is 0.340 e. The summed E-state index contributed by atoms with van der Waals surface area (Å²) in [4.78, 5) is 40.3. The van der Waals surface area contributed by atoms with Gasteiger partial charge in [-0.3, -0.25) is 9.59 Å². The van der Waals surface area contributed by atoms with Crippen molar-refractivity contribution in [3.05, 3.63) is 47.3 Å². The average Bonchev–Trinajstić information content (AvgIpc) is 3.02. The lowest BCUT2D eigenvalue weighted by atomic mass is 9.98. The van der Waals surface area contributed by atoms with Gasteiger partial charge in [0, 0.05) is 31.5 Å². The molecule has 0 saturated heterocycles. The van der Waals surface area contributed by atoms with Gasteiger partial charge in [0.05, 0.1) is 12.2 Å². The van der Waals surface area contributed by atoms with Crippen molar-refractivity contribution in [2.45, 2.75) is 20.3 Å². The van der Waals surface area contributed by atoms with Gasteiger partial charge in [0.1, 0.15) is 5.69 Å². The number of H-pyrrole nitrogens is 1. The molecule has 0 saturated carbocycles. The van der Waals surface area contributed by atoms with Crippen LogP contribution in [0.1, 0.15) is 39.9 Å². The number of rotatable bonds is 9. The van der Waals surface area contributed by atoms with Crippen molar-refractivity contribution in [2.75, 3.05) is 26.9 Å². The summed E-state index contributed by atoms with van der Waals surface area (Å²) in [5.74, 6) is -2.01. The lowest BCUT2D eigenvalue weighted by molar-refractivity contribution is -0.117. The highest BCUT2D eigenvalue weighted by molar-refractivity contribution is 6.43. The Morgan fingerprint density at radius 1 is 1.15 bits per heavy atom. The van der Waals surface area contributed by atoms with E-state index in [0.717, 1.165) is 0 Å². The van der Waals surface area contributed by atoms with Crippen molar-refractivity contribution in [3.63, 3.8) is 0 Å². The van der Waals surface area contributed by atoms with Crippen LogP contribution in [0.15, 0.2) is 30.3 Å². The Labute approximate surface area is 158 Å². The molecule has 0 aliphatic heterocycles. The van der Waals surface area contributed by atoms with Crippen LogP contribution in [0.2, 0.25) is 0 Å². The van der Waals surface area contributed by atoms with Crippen molar-refractivity contribution in [3.8, 4) is 11.1 Å². The van der Waals surface area contributed by atoms with E-state index in [1.54, 1.807) is 45.2 Å². The second-order valence-corrected chi connectivity index (χ2v) is 5.89. The van der Waals surface area contributed by atoms with Gasteiger partial charge < -0.3 is 19.8 Å². The number of aromatic nitrogens is 1. The Kier molecular flexibility index (Phi) is 7.31. The number of hydrogen-bond donors (Lipinski definition) is 2. The lowest BCUT2D eigenvalue weighted by Gasteiger charge is -2.08. The van der Waals surface area contributed by atoms with Gasteiger partial charge >= 0.3 is 5.97 Å². The van der Waals surface area contributed by atoms with Gasteiger partial charge in [0.2, 0.25) is 0 Å². The Morgan fingerprint density at radius 2 is 1.85 bits per heavy atom. The molecule has 7 nitrogen and oxygen atoms in total. The Bertz CT molecular complexity index is 811. The molecule has 0 radical (unpaired) electrons. The molecular formula is C20H24N2O5. The monoisotopic (exact) mass is 372 g/mol. The predicted octanol–water partition coefficient (Wildman–Crippen LogP) is 2.50. The number of esters is 1. The minimum absolute atomic E-state index is 0.0750. The van der Waals surface area contributed by atoms with Gasteiger partial charge in [-0.05, 0) is 25.8 Å². The van der Waals surface area contributed by atoms with Crippen LogP contribution in [0.25, 0.3) is 11.1 Å². The summed E-state index contributed by atoms with van der Waals surface area (Å²) in [5, 5.41) is 2.57. The number of aryl methyl sites for hydroxylation is 1. The maximum atomic E-state index is 12.7. The summed E-state index contributed by atoms with van der Waals surface area (Å²) in [6.45, 7) is 4.40. The first-order valence-corrected chi connectivity index (χ1v) is 8.77. The van der Waals surface area contributed by atoms with Crippen LogP contribution < -0.4 is 5.32 Å². The fourth-order valence-electron chi connectivity index (χ4n) is 2.76. The number of hydrogen-bond acceptors (Lipinski definition) is 5. The van der Waals surface area contributed by atoms with E-state index in [2.05, 4.69) is 10.3 Å². The maximum Gasteiger partial charge on any atom is 0.340 e. The number of ketones is 1. The number of carbonyl (C=O) groups is 3. The molecule has 0 aliphatic carbocycles. The van der Waals surface area contributed by atoms with Crippen molar-refractivity contribution in [2.24, 2.45) is 0 Å². The van der Waals surface area contributed by atoms with E-state index >= 15 is 0 Å². The van der Waals surface area contributed by atoms with Gasteiger partial charge in [0.25, 0.3) is 11.7 Å². The lowest BCUT2D eigenvalue weighted by Crippen LogP contribution is -2.32. The summed E-state index contributed by atoms with van der Waals surface area (Å²) < 4.78 is 10.1. The standard InChI is InChI=1S/C20H24N2O5/c1-4-27-20(25)15-13(2)22-17(16(15)14-9-6-5-7-10-14)18(23)19(24)21-11-8-12-26-3/h5-7,9-10,22H,4,8,11-12H2,1-3H3,(H,21,24). The summed E-state index contributed by atoms with van der Waals surface area (Å²) in [6, 6.07) is 8.98. The minimum Gasteiger partial charge on any atom is -0.462 e. The number of carbonyl (C=O) groups excluding carboxylic acids is 3. The third-order valence-electron chi connectivity index (χ3n) is 3.97. The first kappa shape index (κ1) is 20.4. The molecule has 1 aromatic carbocycles. The Hall–Kier alpha value is -2.93. The highest BCUT2D eigenvalue weighted by Gasteiger charge is 2.29. The zero-order chi connectivity index (χ0) is 19.8. The van der Waals surface area contributed by atoms with E-state index in [0.29, 0.717) is 36.4 Å². The number of Topliss-reactive ketones (excluding diaryl/α,β-unsaturated/α-hetero) is 1. The van der Waals surface area contributed by atoms with Crippen LogP contribution in [-0.2, 0) is 14.3 Å². The number of ether oxygens (including phenoxy) is 2. The molecule has 27 heavy (non-hydrogen) atoms. The number of benzene rings is 1. The topological polar surface area (TPSA) is 97.5 Å². The average molecular weight is 372 g/mol. The molecule has 7 heteroatoms. The highest BCUT2D eigenvalue weighted by Crippen LogP contribution is 2.31. The summed E-state index contributed by atoms with van der Waals surface area (Å²) in [7, 11) is 1.57. The zero-order valence-corrected chi connectivity index (χ0v) is 15.8. The van der Waals surface area contributed by atoms with Gasteiger partial charge in [0.15, 0.2) is 0 Å². The number of amides is 1. The van der Waals surface area contributed by atoms with E-state index in [9.17, 15) is 14.4 Å². The molecule has 0 unspecified atom stereocenters. The largest absolute Gasteiger partial charge is 0.462 e. The summed E-state index contributed by atoms with van der Waals surface area (Å²) >= 11 is 0. The summed E-state index contributed by atoms with van der Waals surface area (Å²) in [6.07, 6.45) is 0.596. The first-order valence-electron chi connectivity index (χ1n) is 8.77. The van der Waals surface area contributed by atoms with E-state index in [-0.39, 0.29) is 17.9 Å². The Morgan fingerprint density at radius 3 is 2.48 bits per heavy atom. The van der Waals surface area contributed by atoms with Gasteiger partial charge in [-0.15, -0.1) is 0 Å². The SMILES string of the molecule is CCOC(=O)c1c(C)[nH]c(C(=O)C(=O)NCCCOC)c1-c1ccccc1. The fraction of sp³-hybridized carbons (Fsp3) is 0.350. The Balaban J connectivity index is 2.41. The molecule has 0 aliphatic rings. The molecular weight excluding hydrogens is 348 g/mol. The normalized spacial score (nSPS) is 10.5.